The fraction of sp³-hybridized carbons (Fsp3) is 0.414. The number of alkyl carbamates (subject to hydrolysis) is 1. The number of phenolic OH excluding ortho intramolecular Hbond substituents is 1. The molecule has 0 saturated heterocycles. The number of ether oxygens (including phenoxy) is 1. The largest absolute Gasteiger partial charge is 0.508 e. The molecule has 2 rings (SSSR count). The van der Waals surface area contributed by atoms with E-state index in [1.54, 1.807) is 39.8 Å². The number of aryl methyl sites for hydroxylation is 1. The average Bonchev–Trinajstić information content (AvgIpc) is 2.81. The number of nitrogens with zero attached hydrogens (tertiary/aromatic N) is 1. The molecule has 0 radical (unpaired) electrons. The second kappa shape index (κ2) is 12.8. The molecular formula is C29H37N3O5. The number of phenols is 1. The second-order valence-electron chi connectivity index (χ2n) is 10.3. The van der Waals surface area contributed by atoms with Gasteiger partial charge in [0.05, 0.1) is 0 Å². The summed E-state index contributed by atoms with van der Waals surface area (Å²) in [6.45, 7) is 10.9. The lowest BCUT2D eigenvalue weighted by Crippen LogP contribution is -2.51. The minimum absolute atomic E-state index is 0.0322. The zero-order valence-corrected chi connectivity index (χ0v) is 22.4. The summed E-state index contributed by atoms with van der Waals surface area (Å²) in [7, 11) is 0. The first-order valence-corrected chi connectivity index (χ1v) is 12.2. The highest BCUT2D eigenvalue weighted by atomic mass is 16.6. The SMILES string of the molecule is C#CN(C(=O)C(CC(C)C)NC(=O)OC(C)(C)C)C(C(=O)NCc1ccccc1)c1ccc(O)c(C)c1. The summed E-state index contributed by atoms with van der Waals surface area (Å²) in [6.07, 6.45) is 5.33. The summed E-state index contributed by atoms with van der Waals surface area (Å²) >= 11 is 0. The van der Waals surface area contributed by atoms with Crippen molar-refractivity contribution in [2.75, 3.05) is 0 Å². The Morgan fingerprint density at radius 2 is 1.76 bits per heavy atom. The molecule has 2 atom stereocenters. The molecule has 2 aromatic rings. The van der Waals surface area contributed by atoms with Gasteiger partial charge >= 0.3 is 6.09 Å². The van der Waals surface area contributed by atoms with Crippen molar-refractivity contribution in [3.63, 3.8) is 0 Å². The van der Waals surface area contributed by atoms with E-state index in [1.165, 1.54) is 6.07 Å². The van der Waals surface area contributed by atoms with Gasteiger partial charge in [-0.1, -0.05) is 56.7 Å². The van der Waals surface area contributed by atoms with Crippen molar-refractivity contribution in [1.82, 2.24) is 15.5 Å². The summed E-state index contributed by atoms with van der Waals surface area (Å²) in [5.41, 5.74) is 1.06. The Labute approximate surface area is 219 Å². The molecule has 3 amide bonds. The van der Waals surface area contributed by atoms with Gasteiger partial charge in [0.15, 0.2) is 0 Å². The van der Waals surface area contributed by atoms with Crippen LogP contribution in [0.1, 0.15) is 63.8 Å². The van der Waals surface area contributed by atoms with Gasteiger partial charge in [0.2, 0.25) is 5.91 Å². The molecule has 0 bridgehead atoms. The summed E-state index contributed by atoms with van der Waals surface area (Å²) in [5, 5.41) is 15.5. The summed E-state index contributed by atoms with van der Waals surface area (Å²) < 4.78 is 5.34. The molecular weight excluding hydrogens is 470 g/mol. The minimum Gasteiger partial charge on any atom is -0.508 e. The van der Waals surface area contributed by atoms with Crippen molar-refractivity contribution in [1.29, 1.82) is 0 Å². The molecule has 0 saturated carbocycles. The van der Waals surface area contributed by atoms with Crippen molar-refractivity contribution in [2.24, 2.45) is 5.92 Å². The third-order valence-corrected chi connectivity index (χ3v) is 5.43. The maximum Gasteiger partial charge on any atom is 0.408 e. The van der Waals surface area contributed by atoms with Gasteiger partial charge in [-0.2, -0.15) is 0 Å². The van der Waals surface area contributed by atoms with Crippen LogP contribution in [0.25, 0.3) is 0 Å². The Kier molecular flexibility index (Phi) is 10.1. The van der Waals surface area contributed by atoms with Crippen LogP contribution in [0.3, 0.4) is 0 Å². The fourth-order valence-corrected chi connectivity index (χ4v) is 3.72. The van der Waals surface area contributed by atoms with Crippen LogP contribution in [0.5, 0.6) is 5.75 Å². The smallest absolute Gasteiger partial charge is 0.408 e. The number of hydrogen-bond donors (Lipinski definition) is 3. The minimum atomic E-state index is -1.20. The number of nitrogens with one attached hydrogen (secondary N) is 2. The van der Waals surface area contributed by atoms with Gasteiger partial charge in [-0.3, -0.25) is 14.5 Å². The molecule has 37 heavy (non-hydrogen) atoms. The number of terminal acetylenes is 1. The van der Waals surface area contributed by atoms with Crippen molar-refractivity contribution >= 4 is 17.9 Å². The Morgan fingerprint density at radius 3 is 2.30 bits per heavy atom. The van der Waals surface area contributed by atoms with Crippen molar-refractivity contribution in [2.45, 2.75) is 72.2 Å². The zero-order valence-electron chi connectivity index (χ0n) is 22.4. The first-order chi connectivity index (χ1) is 17.3. The van der Waals surface area contributed by atoms with Crippen molar-refractivity contribution in [3.8, 4) is 18.2 Å². The van der Waals surface area contributed by atoms with Crippen LogP contribution < -0.4 is 10.6 Å². The number of carbonyl (C=O) groups is 3. The monoisotopic (exact) mass is 507 g/mol. The van der Waals surface area contributed by atoms with Crippen LogP contribution in [0.2, 0.25) is 0 Å². The van der Waals surface area contributed by atoms with E-state index in [-0.39, 0.29) is 24.6 Å². The van der Waals surface area contributed by atoms with E-state index in [4.69, 9.17) is 11.2 Å². The van der Waals surface area contributed by atoms with Gasteiger partial charge < -0.3 is 20.5 Å². The highest BCUT2D eigenvalue weighted by molar-refractivity contribution is 5.93. The molecule has 0 aromatic heterocycles. The number of benzene rings is 2. The Balaban J connectivity index is 2.42. The predicted octanol–water partition coefficient (Wildman–Crippen LogP) is 4.42. The first kappa shape index (κ1) is 29.2. The topological polar surface area (TPSA) is 108 Å². The lowest BCUT2D eigenvalue weighted by Gasteiger charge is -2.31. The van der Waals surface area contributed by atoms with Crippen LogP contribution in [0.15, 0.2) is 48.5 Å². The summed E-state index contributed by atoms with van der Waals surface area (Å²) in [4.78, 5) is 40.8. The fourth-order valence-electron chi connectivity index (χ4n) is 3.72. The van der Waals surface area contributed by atoms with Gasteiger partial charge in [0, 0.05) is 12.6 Å². The highest BCUT2D eigenvalue weighted by Crippen LogP contribution is 2.27. The average molecular weight is 508 g/mol. The molecule has 0 heterocycles. The Hall–Kier alpha value is -3.99. The van der Waals surface area contributed by atoms with E-state index in [1.807, 2.05) is 44.2 Å². The van der Waals surface area contributed by atoms with E-state index in [2.05, 4.69) is 16.7 Å². The predicted molar refractivity (Wildman–Crippen MR) is 142 cm³/mol. The van der Waals surface area contributed by atoms with E-state index in [0.29, 0.717) is 11.1 Å². The quantitative estimate of drug-likeness (QED) is 0.344. The molecule has 2 unspecified atom stereocenters. The van der Waals surface area contributed by atoms with Gasteiger partial charge in [-0.25, -0.2) is 4.79 Å². The third kappa shape index (κ3) is 8.87. The number of carbonyl (C=O) groups excluding carboxylic acids is 3. The standard InChI is InChI=1S/C29H37N3O5/c1-8-32(27(35)23(16-19(2)3)31-28(36)37-29(5,6)7)25(22-14-15-24(33)20(4)17-22)26(34)30-18-21-12-10-9-11-13-21/h1,9-15,17,19,23,25,33H,16,18H2,2-7H3,(H,30,34)(H,31,36). The van der Waals surface area contributed by atoms with Gasteiger partial charge in [-0.05, 0) is 68.9 Å². The van der Waals surface area contributed by atoms with Crippen LogP contribution in [-0.4, -0.2) is 39.6 Å². The summed E-state index contributed by atoms with van der Waals surface area (Å²) in [6, 6.07) is 14.1. The van der Waals surface area contributed by atoms with Crippen LogP contribution in [-0.2, 0) is 20.9 Å². The Morgan fingerprint density at radius 1 is 1.11 bits per heavy atom. The molecule has 2 aromatic carbocycles. The molecule has 0 aliphatic rings. The molecule has 3 N–H and O–H groups in total. The zero-order chi connectivity index (χ0) is 27.8. The van der Waals surface area contributed by atoms with E-state index in [0.717, 1.165) is 10.5 Å². The van der Waals surface area contributed by atoms with Crippen LogP contribution in [0, 0.1) is 25.3 Å². The number of hydrogen-bond acceptors (Lipinski definition) is 5. The molecule has 8 nitrogen and oxygen atoms in total. The van der Waals surface area contributed by atoms with Gasteiger partial charge in [-0.15, -0.1) is 0 Å². The lowest BCUT2D eigenvalue weighted by atomic mass is 9.98. The molecule has 0 aliphatic carbocycles. The van der Waals surface area contributed by atoms with Crippen LogP contribution >= 0.6 is 0 Å². The van der Waals surface area contributed by atoms with E-state index < -0.39 is 35.6 Å². The van der Waals surface area contributed by atoms with Crippen molar-refractivity contribution in [3.05, 3.63) is 65.2 Å². The maximum absolute atomic E-state index is 13.7. The van der Waals surface area contributed by atoms with Gasteiger partial charge in [0.1, 0.15) is 23.4 Å². The third-order valence-electron chi connectivity index (χ3n) is 5.43. The lowest BCUT2D eigenvalue weighted by molar-refractivity contribution is -0.139. The number of amides is 3. The van der Waals surface area contributed by atoms with Gasteiger partial charge in [0.25, 0.3) is 5.91 Å². The van der Waals surface area contributed by atoms with E-state index in [9.17, 15) is 19.5 Å². The molecule has 198 valence electrons. The molecule has 0 aliphatic heterocycles. The maximum atomic E-state index is 13.7. The normalized spacial score (nSPS) is 12.7. The molecule has 0 spiro atoms. The number of rotatable bonds is 9. The second-order valence-corrected chi connectivity index (χ2v) is 10.3. The molecule has 0 fully saturated rings. The van der Waals surface area contributed by atoms with Crippen molar-refractivity contribution < 1.29 is 24.2 Å². The Bertz CT molecular complexity index is 1130. The van der Waals surface area contributed by atoms with Crippen LogP contribution in [0.4, 0.5) is 4.79 Å². The van der Waals surface area contributed by atoms with E-state index >= 15 is 0 Å². The highest BCUT2D eigenvalue weighted by Gasteiger charge is 2.36. The first-order valence-electron chi connectivity index (χ1n) is 12.2. The summed E-state index contributed by atoms with van der Waals surface area (Å²) in [5.74, 6) is -1.03. The molecule has 8 heteroatoms. The number of aromatic hydroxyl groups is 1.